The van der Waals surface area contributed by atoms with Crippen LogP contribution >= 0.6 is 0 Å². The van der Waals surface area contributed by atoms with Gasteiger partial charge in [-0.05, 0) is 32.6 Å². The van der Waals surface area contributed by atoms with Gasteiger partial charge < -0.3 is 0 Å². The highest BCUT2D eigenvalue weighted by Gasteiger charge is 2.36. The molecule has 2 fully saturated rings. The second-order valence-electron chi connectivity index (χ2n) is 4.89. The summed E-state index contributed by atoms with van der Waals surface area (Å²) in [7, 11) is 0. The van der Waals surface area contributed by atoms with Gasteiger partial charge in [0.15, 0.2) is 0 Å². The molecule has 1 aliphatic heterocycles. The molecule has 1 saturated heterocycles. The number of hydrogen-bond donors (Lipinski definition) is 0. The lowest BCUT2D eigenvalue weighted by Gasteiger charge is -2.41. The van der Waals surface area contributed by atoms with Gasteiger partial charge in [0, 0.05) is 18.6 Å². The lowest BCUT2D eigenvalue weighted by Crippen LogP contribution is -2.49. The Balaban J connectivity index is 1.93. The first-order chi connectivity index (χ1) is 6.21. The number of rotatable bonds is 1. The molecule has 0 bridgehead atoms. The molecule has 0 aromatic heterocycles. The third-order valence-electron chi connectivity index (χ3n) is 3.89. The van der Waals surface area contributed by atoms with Gasteiger partial charge in [-0.15, -0.1) is 0 Å². The van der Waals surface area contributed by atoms with E-state index in [1.54, 1.807) is 0 Å². The third kappa shape index (κ3) is 1.89. The maximum absolute atomic E-state index is 11.2. The van der Waals surface area contributed by atoms with E-state index in [-0.39, 0.29) is 6.10 Å². The van der Waals surface area contributed by atoms with E-state index in [1.807, 2.05) is 0 Å². The van der Waals surface area contributed by atoms with Gasteiger partial charge in [-0.3, -0.25) is 4.90 Å². The molecule has 0 atom stereocenters. The average molecular weight is 182 g/mol. The molecule has 0 unspecified atom stereocenters. The van der Waals surface area contributed by atoms with Crippen molar-refractivity contribution >= 4 is 0 Å². The molecule has 0 N–H and O–H groups in total. The molecule has 0 spiro atoms. The first-order valence-corrected chi connectivity index (χ1v) is 5.62. The van der Waals surface area contributed by atoms with Crippen LogP contribution in [-0.4, -0.2) is 29.6 Å². The number of piperidine rings is 1. The SMILES string of the molecule is CC1(N2CCC([O])CC2)CCCC1. The smallest absolute Gasteiger partial charge is 0.0954 e. The van der Waals surface area contributed by atoms with Crippen LogP contribution in [0.2, 0.25) is 0 Å². The summed E-state index contributed by atoms with van der Waals surface area (Å²) in [5.74, 6) is 0. The number of nitrogens with zero attached hydrogens (tertiary/aromatic N) is 1. The van der Waals surface area contributed by atoms with E-state index in [0.29, 0.717) is 5.54 Å². The standard InChI is InChI=1S/C11H20NO/c1-11(6-2-3-7-11)12-8-4-10(13)5-9-12/h10H,2-9H2,1H3. The Labute approximate surface area is 80.9 Å². The summed E-state index contributed by atoms with van der Waals surface area (Å²) in [6.07, 6.45) is 6.92. The van der Waals surface area contributed by atoms with Crippen LogP contribution in [0, 0.1) is 0 Å². The highest BCUT2D eigenvalue weighted by Crippen LogP contribution is 2.36. The first kappa shape index (κ1) is 9.47. The topological polar surface area (TPSA) is 23.1 Å². The fourth-order valence-corrected chi connectivity index (χ4v) is 2.85. The van der Waals surface area contributed by atoms with E-state index in [1.165, 1.54) is 25.7 Å². The van der Waals surface area contributed by atoms with E-state index < -0.39 is 0 Å². The van der Waals surface area contributed by atoms with E-state index in [0.717, 1.165) is 25.9 Å². The highest BCUT2D eigenvalue weighted by atomic mass is 16.3. The number of likely N-dealkylation sites (tertiary alicyclic amines) is 1. The summed E-state index contributed by atoms with van der Waals surface area (Å²) in [6, 6.07) is 0. The molecular formula is C11H20NO. The van der Waals surface area contributed by atoms with Gasteiger partial charge >= 0.3 is 0 Å². The van der Waals surface area contributed by atoms with Crippen molar-refractivity contribution in [3.05, 3.63) is 0 Å². The molecule has 13 heavy (non-hydrogen) atoms. The maximum Gasteiger partial charge on any atom is 0.0954 e. The molecule has 1 saturated carbocycles. The largest absolute Gasteiger partial charge is 0.298 e. The Bertz CT molecular complexity index is 167. The van der Waals surface area contributed by atoms with Crippen LogP contribution in [0.25, 0.3) is 0 Å². The Morgan fingerprint density at radius 2 is 1.69 bits per heavy atom. The molecule has 0 aromatic carbocycles. The van der Waals surface area contributed by atoms with Gasteiger partial charge in [0.25, 0.3) is 0 Å². The normalized spacial score (nSPS) is 30.9. The zero-order chi connectivity index (χ0) is 9.31. The van der Waals surface area contributed by atoms with Gasteiger partial charge in [0.2, 0.25) is 0 Å². The van der Waals surface area contributed by atoms with Gasteiger partial charge in [0.05, 0.1) is 6.10 Å². The van der Waals surface area contributed by atoms with E-state index in [9.17, 15) is 5.11 Å². The van der Waals surface area contributed by atoms with Crippen molar-refractivity contribution in [3.63, 3.8) is 0 Å². The van der Waals surface area contributed by atoms with Crippen molar-refractivity contribution in [2.75, 3.05) is 13.1 Å². The summed E-state index contributed by atoms with van der Waals surface area (Å²) in [6.45, 7) is 4.47. The third-order valence-corrected chi connectivity index (χ3v) is 3.89. The van der Waals surface area contributed by atoms with E-state index in [2.05, 4.69) is 11.8 Å². The monoisotopic (exact) mass is 182 g/mol. The summed E-state index contributed by atoms with van der Waals surface area (Å²) < 4.78 is 0. The lowest BCUT2D eigenvalue weighted by atomic mass is 9.94. The molecule has 2 aliphatic rings. The highest BCUT2D eigenvalue weighted by molar-refractivity contribution is 4.92. The predicted molar refractivity (Wildman–Crippen MR) is 52.2 cm³/mol. The molecule has 2 nitrogen and oxygen atoms in total. The van der Waals surface area contributed by atoms with Gasteiger partial charge in [-0.2, -0.15) is 0 Å². The molecule has 1 heterocycles. The van der Waals surface area contributed by atoms with Crippen molar-refractivity contribution in [2.45, 2.75) is 57.1 Å². The van der Waals surface area contributed by atoms with Crippen LogP contribution in [0.5, 0.6) is 0 Å². The zero-order valence-corrected chi connectivity index (χ0v) is 8.59. The summed E-state index contributed by atoms with van der Waals surface area (Å²) in [5, 5.41) is 11.2. The van der Waals surface area contributed by atoms with Crippen LogP contribution in [0.1, 0.15) is 45.4 Å². The molecule has 2 heteroatoms. The average Bonchev–Trinajstić information content (AvgIpc) is 2.54. The Kier molecular flexibility index (Phi) is 2.61. The van der Waals surface area contributed by atoms with Crippen molar-refractivity contribution in [1.82, 2.24) is 4.90 Å². The van der Waals surface area contributed by atoms with Crippen LogP contribution in [0.4, 0.5) is 0 Å². The van der Waals surface area contributed by atoms with Crippen molar-refractivity contribution in [1.29, 1.82) is 0 Å². The van der Waals surface area contributed by atoms with Crippen LogP contribution < -0.4 is 0 Å². The fourth-order valence-electron chi connectivity index (χ4n) is 2.85. The Morgan fingerprint density at radius 1 is 1.15 bits per heavy atom. The molecule has 2 rings (SSSR count). The van der Waals surface area contributed by atoms with Crippen LogP contribution in [-0.2, 0) is 5.11 Å². The molecule has 1 radical (unpaired) electrons. The molecule has 0 amide bonds. The zero-order valence-electron chi connectivity index (χ0n) is 8.59. The molecule has 75 valence electrons. The lowest BCUT2D eigenvalue weighted by molar-refractivity contribution is -0.00692. The van der Waals surface area contributed by atoms with E-state index >= 15 is 0 Å². The van der Waals surface area contributed by atoms with Gasteiger partial charge in [-0.1, -0.05) is 12.8 Å². The van der Waals surface area contributed by atoms with Crippen molar-refractivity contribution < 1.29 is 5.11 Å². The van der Waals surface area contributed by atoms with Gasteiger partial charge in [0.1, 0.15) is 0 Å². The molecule has 0 aromatic rings. The summed E-state index contributed by atoms with van der Waals surface area (Å²) >= 11 is 0. The molecular weight excluding hydrogens is 162 g/mol. The summed E-state index contributed by atoms with van der Waals surface area (Å²) in [5.41, 5.74) is 0.445. The Hall–Kier alpha value is -0.0800. The minimum Gasteiger partial charge on any atom is -0.298 e. The predicted octanol–water partition coefficient (Wildman–Crippen LogP) is 2.21. The minimum absolute atomic E-state index is 0.277. The summed E-state index contributed by atoms with van der Waals surface area (Å²) in [4.78, 5) is 2.56. The number of hydrogen-bond acceptors (Lipinski definition) is 1. The van der Waals surface area contributed by atoms with Crippen molar-refractivity contribution in [3.8, 4) is 0 Å². The quantitative estimate of drug-likeness (QED) is 0.610. The van der Waals surface area contributed by atoms with Crippen LogP contribution in [0.3, 0.4) is 0 Å². The molecule has 1 aliphatic carbocycles. The van der Waals surface area contributed by atoms with Crippen molar-refractivity contribution in [2.24, 2.45) is 0 Å². The second kappa shape index (κ2) is 3.58. The Morgan fingerprint density at radius 3 is 2.23 bits per heavy atom. The van der Waals surface area contributed by atoms with E-state index in [4.69, 9.17) is 0 Å². The maximum atomic E-state index is 11.2. The minimum atomic E-state index is -0.277. The first-order valence-electron chi connectivity index (χ1n) is 5.62. The van der Waals surface area contributed by atoms with Crippen LogP contribution in [0.15, 0.2) is 0 Å². The second-order valence-corrected chi connectivity index (χ2v) is 4.89. The fraction of sp³-hybridized carbons (Fsp3) is 1.00. The van der Waals surface area contributed by atoms with Gasteiger partial charge in [-0.25, -0.2) is 5.11 Å².